The number of aliphatic hydroxyl groups excluding tert-OH is 1. The molecule has 1 aliphatic heterocycles. The molecule has 218 valence electrons. The quantitative estimate of drug-likeness (QED) is 0.252. The highest BCUT2D eigenvalue weighted by Crippen LogP contribution is 2.29. The lowest BCUT2D eigenvalue weighted by Crippen LogP contribution is -2.41. The molecular weight excluding hydrogens is 557 g/mol. The van der Waals surface area contributed by atoms with Gasteiger partial charge in [0.1, 0.15) is 18.0 Å². The Bertz CT molecular complexity index is 1590. The van der Waals surface area contributed by atoms with Crippen LogP contribution in [-0.4, -0.2) is 75.0 Å². The number of β-amino-alcohol motifs (C(OH)–C–C–N with tert-alkyl or cyclic N) is 1. The van der Waals surface area contributed by atoms with Crippen molar-refractivity contribution in [1.29, 1.82) is 0 Å². The molecule has 4 aromatic rings. The van der Waals surface area contributed by atoms with Gasteiger partial charge in [-0.1, -0.05) is 24.3 Å². The summed E-state index contributed by atoms with van der Waals surface area (Å²) in [6.45, 7) is 4.56. The molecule has 3 atom stereocenters. The first kappa shape index (κ1) is 28.5. The second kappa shape index (κ2) is 13.1. The maximum Gasteiger partial charge on any atom is 0.141 e. The summed E-state index contributed by atoms with van der Waals surface area (Å²) in [5.41, 5.74) is 4.43. The number of halogens is 2. The van der Waals surface area contributed by atoms with Crippen molar-refractivity contribution >= 4 is 28.3 Å². The number of fused-ring (bicyclic) bond motifs is 1. The first-order chi connectivity index (χ1) is 20.5. The zero-order chi connectivity index (χ0) is 28.9. The van der Waals surface area contributed by atoms with E-state index in [2.05, 4.69) is 32.4 Å². The second-order valence-corrected chi connectivity index (χ2v) is 11.1. The Morgan fingerprint density at radius 1 is 1.10 bits per heavy atom. The average molecular weight is 590 g/mol. The van der Waals surface area contributed by atoms with Gasteiger partial charge in [0, 0.05) is 49.7 Å². The van der Waals surface area contributed by atoms with Gasteiger partial charge >= 0.3 is 0 Å². The van der Waals surface area contributed by atoms with Gasteiger partial charge in [-0.3, -0.25) is 4.90 Å². The molecule has 2 N–H and O–H groups in total. The van der Waals surface area contributed by atoms with E-state index in [9.17, 15) is 9.50 Å². The van der Waals surface area contributed by atoms with Gasteiger partial charge in [-0.15, -0.1) is 11.6 Å². The summed E-state index contributed by atoms with van der Waals surface area (Å²) in [6.07, 6.45) is 10.5. The van der Waals surface area contributed by atoms with Crippen molar-refractivity contribution in [3.63, 3.8) is 0 Å². The molecule has 1 saturated heterocycles. The lowest BCUT2D eigenvalue weighted by Gasteiger charge is -2.28. The predicted octanol–water partition coefficient (Wildman–Crippen LogP) is 4.99. The number of anilines is 1. The number of ether oxygens (including phenoxy) is 2. The Morgan fingerprint density at radius 3 is 2.81 bits per heavy atom. The van der Waals surface area contributed by atoms with Crippen molar-refractivity contribution in [2.75, 3.05) is 38.2 Å². The van der Waals surface area contributed by atoms with Gasteiger partial charge < -0.3 is 24.5 Å². The van der Waals surface area contributed by atoms with E-state index in [-0.39, 0.29) is 18.5 Å². The van der Waals surface area contributed by atoms with E-state index >= 15 is 0 Å². The number of allylic oxidation sites excluding steroid dienone is 1. The number of hydrogen-bond donors (Lipinski definition) is 2. The van der Waals surface area contributed by atoms with Crippen LogP contribution in [0.15, 0.2) is 91.2 Å². The van der Waals surface area contributed by atoms with E-state index in [0.29, 0.717) is 18.9 Å². The van der Waals surface area contributed by atoms with Gasteiger partial charge in [-0.05, 0) is 59.2 Å². The van der Waals surface area contributed by atoms with Gasteiger partial charge in [-0.2, -0.15) is 0 Å². The largest absolute Gasteiger partial charge is 0.390 e. The topological polar surface area (TPSA) is 84.7 Å². The molecule has 3 heterocycles. The molecule has 42 heavy (non-hydrogen) atoms. The molecule has 3 unspecified atom stereocenters. The van der Waals surface area contributed by atoms with Gasteiger partial charge in [0.2, 0.25) is 0 Å². The van der Waals surface area contributed by atoms with Gasteiger partial charge in [-0.25, -0.2) is 14.4 Å². The molecule has 0 amide bonds. The highest BCUT2D eigenvalue weighted by Gasteiger charge is 2.21. The number of aliphatic hydroxyl groups is 1. The molecule has 8 nitrogen and oxygen atoms in total. The van der Waals surface area contributed by atoms with E-state index < -0.39 is 11.5 Å². The fourth-order valence-electron chi connectivity index (χ4n) is 5.26. The number of aromatic nitrogens is 3. The van der Waals surface area contributed by atoms with Gasteiger partial charge in [0.05, 0.1) is 42.9 Å². The number of morpholine rings is 1. The minimum Gasteiger partial charge on any atom is -0.390 e. The normalized spacial score (nSPS) is 20.0. The smallest absolute Gasteiger partial charge is 0.141 e. The van der Waals surface area contributed by atoms with Crippen molar-refractivity contribution in [1.82, 2.24) is 19.4 Å². The van der Waals surface area contributed by atoms with Crippen molar-refractivity contribution in [3.8, 4) is 11.1 Å². The zero-order valence-corrected chi connectivity index (χ0v) is 23.8. The summed E-state index contributed by atoms with van der Waals surface area (Å²) >= 11 is 6.63. The molecule has 2 aromatic heterocycles. The molecule has 0 saturated carbocycles. The summed E-state index contributed by atoms with van der Waals surface area (Å²) in [7, 11) is 0. The molecule has 0 spiro atoms. The number of rotatable bonds is 10. The Morgan fingerprint density at radius 2 is 1.98 bits per heavy atom. The predicted molar refractivity (Wildman–Crippen MR) is 162 cm³/mol. The Kier molecular flexibility index (Phi) is 8.92. The van der Waals surface area contributed by atoms with Crippen LogP contribution >= 0.6 is 11.6 Å². The number of hydrogen-bond acceptors (Lipinski definition) is 7. The lowest BCUT2D eigenvalue weighted by molar-refractivity contribution is 0.0115. The van der Waals surface area contributed by atoms with E-state index in [1.807, 2.05) is 53.3 Å². The summed E-state index contributed by atoms with van der Waals surface area (Å²) in [6, 6.07) is 14.5. The fraction of sp³-hybridized carbons (Fsp3) is 0.312. The monoisotopic (exact) mass is 589 g/mol. The van der Waals surface area contributed by atoms with Crippen LogP contribution < -0.4 is 5.32 Å². The SMILES string of the molecule is OC(CN1CCOCC1)Cn1ccc(-c2ccc3ncnc(NC4=CC(Cl)C(OCc5cccc(F)c5)C=C4)c3c2)c1. The molecular formula is C32H33ClFN5O3. The van der Waals surface area contributed by atoms with E-state index in [0.717, 1.165) is 59.6 Å². The number of benzene rings is 2. The van der Waals surface area contributed by atoms with Gasteiger partial charge in [0.25, 0.3) is 0 Å². The fourth-order valence-corrected chi connectivity index (χ4v) is 5.55. The molecule has 1 aliphatic carbocycles. The minimum atomic E-state index is -0.460. The third-order valence-electron chi connectivity index (χ3n) is 7.43. The summed E-state index contributed by atoms with van der Waals surface area (Å²) in [4.78, 5) is 11.2. The van der Waals surface area contributed by atoms with E-state index in [1.54, 1.807) is 6.07 Å². The van der Waals surface area contributed by atoms with Crippen LogP contribution in [0.4, 0.5) is 10.2 Å². The Hall–Kier alpha value is -3.60. The first-order valence-corrected chi connectivity index (χ1v) is 14.5. The maximum absolute atomic E-state index is 13.5. The molecule has 2 aromatic carbocycles. The third-order valence-corrected chi connectivity index (χ3v) is 7.80. The summed E-state index contributed by atoms with van der Waals surface area (Å²) < 4.78 is 26.8. The van der Waals surface area contributed by atoms with E-state index in [1.165, 1.54) is 18.5 Å². The highest BCUT2D eigenvalue weighted by atomic mass is 35.5. The van der Waals surface area contributed by atoms with Crippen LogP contribution in [-0.2, 0) is 22.6 Å². The van der Waals surface area contributed by atoms with Crippen LogP contribution in [0.5, 0.6) is 0 Å². The number of nitrogens with one attached hydrogen (secondary N) is 1. The van der Waals surface area contributed by atoms with Crippen LogP contribution in [0.2, 0.25) is 0 Å². The molecule has 6 rings (SSSR count). The van der Waals surface area contributed by atoms with Crippen molar-refractivity contribution < 1.29 is 19.0 Å². The van der Waals surface area contributed by atoms with Crippen LogP contribution in [0.3, 0.4) is 0 Å². The van der Waals surface area contributed by atoms with Crippen LogP contribution in [0, 0.1) is 5.82 Å². The number of nitrogens with zero attached hydrogens (tertiary/aromatic N) is 4. The summed E-state index contributed by atoms with van der Waals surface area (Å²) in [5.74, 6) is 0.376. The molecule has 1 fully saturated rings. The molecule has 2 aliphatic rings. The molecule has 10 heteroatoms. The maximum atomic E-state index is 13.5. The molecule has 0 bridgehead atoms. The van der Waals surface area contributed by atoms with Crippen molar-refractivity contribution in [2.45, 2.75) is 30.7 Å². The third kappa shape index (κ3) is 7.06. The van der Waals surface area contributed by atoms with Crippen LogP contribution in [0.25, 0.3) is 22.0 Å². The average Bonchev–Trinajstić information content (AvgIpc) is 3.45. The van der Waals surface area contributed by atoms with Crippen molar-refractivity contribution in [2.24, 2.45) is 0 Å². The highest BCUT2D eigenvalue weighted by molar-refractivity contribution is 6.22. The van der Waals surface area contributed by atoms with Gasteiger partial charge in [0.15, 0.2) is 0 Å². The standard InChI is InChI=1S/C32H33ClFN5O3/c33-29-16-26(5-7-31(29)42-20-22-2-1-3-25(34)14-22)37-32-28-15-23(4-6-30(28)35-21-36-32)24-8-9-39(17-24)19-27(40)18-38-10-12-41-13-11-38/h1-9,14-17,21,27,29,31,40H,10-13,18-20H2,(H,35,36,37). The Balaban J connectivity index is 1.12. The summed E-state index contributed by atoms with van der Waals surface area (Å²) in [5, 5.41) is 14.5. The number of alkyl halides is 1. The molecule has 0 radical (unpaired) electrons. The minimum absolute atomic E-state index is 0.264. The zero-order valence-electron chi connectivity index (χ0n) is 23.1. The van der Waals surface area contributed by atoms with Crippen LogP contribution in [0.1, 0.15) is 5.56 Å². The Labute approximate surface area is 249 Å². The second-order valence-electron chi connectivity index (χ2n) is 10.6. The lowest BCUT2D eigenvalue weighted by atomic mass is 10.1. The van der Waals surface area contributed by atoms with E-state index in [4.69, 9.17) is 21.1 Å². The first-order valence-electron chi connectivity index (χ1n) is 14.1. The van der Waals surface area contributed by atoms with Crippen molar-refractivity contribution in [3.05, 3.63) is 103 Å².